The van der Waals surface area contributed by atoms with E-state index in [9.17, 15) is 10.1 Å². The number of nitrogens with two attached hydrogens (primary N) is 2. The van der Waals surface area contributed by atoms with E-state index in [1.165, 1.54) is 0 Å². The van der Waals surface area contributed by atoms with Gasteiger partial charge in [-0.1, -0.05) is 36.1 Å². The quantitative estimate of drug-likeness (QED) is 0.302. The lowest BCUT2D eigenvalue weighted by Gasteiger charge is -2.31. The van der Waals surface area contributed by atoms with Crippen LogP contribution in [0.2, 0.25) is 0 Å². The number of rotatable bonds is 4. The molecule has 0 aliphatic carbocycles. The molecule has 0 amide bonds. The summed E-state index contributed by atoms with van der Waals surface area (Å²) in [6.07, 6.45) is 1.44. The zero-order valence-corrected chi connectivity index (χ0v) is 23.7. The largest absolute Gasteiger partial charge is 0.497 e. The minimum Gasteiger partial charge on any atom is -0.497 e. The fraction of sp³-hybridized carbons (Fsp3) is 0.182. The van der Waals surface area contributed by atoms with Gasteiger partial charge >= 0.3 is 0 Å². The van der Waals surface area contributed by atoms with Gasteiger partial charge in [-0.3, -0.25) is 9.36 Å². The first-order valence-corrected chi connectivity index (χ1v) is 13.8. The summed E-state index contributed by atoms with van der Waals surface area (Å²) in [5.74, 6) is 7.91. The summed E-state index contributed by atoms with van der Waals surface area (Å²) in [5.41, 5.74) is 14.5. The van der Waals surface area contributed by atoms with E-state index in [1.807, 2.05) is 84.6 Å². The molecule has 4 N–H and O–H groups in total. The van der Waals surface area contributed by atoms with Crippen LogP contribution < -0.4 is 26.7 Å². The molecule has 1 fully saturated rings. The number of benzene rings is 3. The van der Waals surface area contributed by atoms with Gasteiger partial charge in [0.15, 0.2) is 5.82 Å². The van der Waals surface area contributed by atoms with Gasteiger partial charge in [0, 0.05) is 17.2 Å². The van der Waals surface area contributed by atoms with E-state index in [-0.39, 0.29) is 28.9 Å². The Labute approximate surface area is 248 Å². The summed E-state index contributed by atoms with van der Waals surface area (Å²) in [6.45, 7) is 2.04. The summed E-state index contributed by atoms with van der Waals surface area (Å²) >= 11 is 0. The maximum atomic E-state index is 14.5. The predicted octanol–water partition coefficient (Wildman–Crippen LogP) is 4.35. The fourth-order valence-electron chi connectivity index (χ4n) is 5.59. The van der Waals surface area contributed by atoms with Gasteiger partial charge in [0.05, 0.1) is 29.7 Å². The molecule has 1 aliphatic heterocycles. The highest BCUT2D eigenvalue weighted by atomic mass is 16.5. The normalized spacial score (nSPS) is 16.0. The standard InChI is InChI=1S/C33H28N8O2/c1-20-11-18-27(40(20)30-25(19-34)29(35)38-33(36)39-30)31-37-26-10-6-7-22(15-12-21-13-16-24(43-2)17-14-21)28(26)32(42)41(31)23-8-4-3-5-9-23/h3-10,13-14,16-17,20,27H,11,18H2,1-2H3,(H4,35,36,38,39)/t20-,27-/m0/s1. The van der Waals surface area contributed by atoms with Gasteiger partial charge in [-0.15, -0.1) is 0 Å². The molecule has 2 atom stereocenters. The molecular weight excluding hydrogens is 540 g/mol. The van der Waals surface area contributed by atoms with Crippen molar-refractivity contribution in [1.29, 1.82) is 5.26 Å². The Hall–Kier alpha value is -5.87. The predicted molar refractivity (Wildman–Crippen MR) is 166 cm³/mol. The molecule has 0 radical (unpaired) electrons. The number of nitrogen functional groups attached to an aromatic ring is 2. The van der Waals surface area contributed by atoms with Gasteiger partial charge in [-0.2, -0.15) is 15.2 Å². The molecule has 10 heteroatoms. The zero-order valence-electron chi connectivity index (χ0n) is 23.7. The lowest BCUT2D eigenvalue weighted by atomic mass is 10.1. The lowest BCUT2D eigenvalue weighted by molar-refractivity contribution is 0.415. The highest BCUT2D eigenvalue weighted by Gasteiger charge is 2.38. The van der Waals surface area contributed by atoms with Gasteiger partial charge in [-0.25, -0.2) is 4.98 Å². The number of hydrogen-bond donors (Lipinski definition) is 2. The van der Waals surface area contributed by atoms with Crippen LogP contribution >= 0.6 is 0 Å². The maximum Gasteiger partial charge on any atom is 0.267 e. The first-order valence-electron chi connectivity index (χ1n) is 13.8. The van der Waals surface area contributed by atoms with Crippen LogP contribution in [0.3, 0.4) is 0 Å². The molecule has 0 unspecified atom stereocenters. The van der Waals surface area contributed by atoms with Crippen molar-refractivity contribution in [3.8, 4) is 29.3 Å². The van der Waals surface area contributed by atoms with Crippen molar-refractivity contribution in [3.63, 3.8) is 0 Å². The van der Waals surface area contributed by atoms with E-state index in [1.54, 1.807) is 11.7 Å². The molecule has 1 saturated heterocycles. The van der Waals surface area contributed by atoms with Crippen LogP contribution in [0.4, 0.5) is 17.6 Å². The van der Waals surface area contributed by atoms with Crippen LogP contribution in [0.1, 0.15) is 48.3 Å². The van der Waals surface area contributed by atoms with Crippen molar-refractivity contribution in [3.05, 3.63) is 106 Å². The minimum atomic E-state index is -0.401. The average molecular weight is 569 g/mol. The molecule has 2 aromatic heterocycles. The molecule has 0 spiro atoms. The van der Waals surface area contributed by atoms with Gasteiger partial charge in [-0.05, 0) is 68.3 Å². The van der Waals surface area contributed by atoms with Crippen LogP contribution in [0.25, 0.3) is 16.6 Å². The number of aromatic nitrogens is 4. The number of fused-ring (bicyclic) bond motifs is 1. The van der Waals surface area contributed by atoms with Crippen LogP contribution in [-0.4, -0.2) is 32.7 Å². The van der Waals surface area contributed by atoms with E-state index < -0.39 is 6.04 Å². The summed E-state index contributed by atoms with van der Waals surface area (Å²) < 4.78 is 6.88. The molecule has 1 aliphatic rings. The first-order chi connectivity index (χ1) is 20.9. The third-order valence-corrected chi connectivity index (χ3v) is 7.63. The molecule has 6 rings (SSSR count). The van der Waals surface area contributed by atoms with E-state index in [0.717, 1.165) is 17.7 Å². The molecule has 0 saturated carbocycles. The summed E-state index contributed by atoms with van der Waals surface area (Å²) in [7, 11) is 1.61. The second-order valence-corrected chi connectivity index (χ2v) is 10.3. The Bertz CT molecular complexity index is 2000. The van der Waals surface area contributed by atoms with E-state index in [4.69, 9.17) is 21.2 Å². The number of nitrogens with zero attached hydrogens (tertiary/aromatic N) is 6. The van der Waals surface area contributed by atoms with Crippen molar-refractivity contribution in [2.24, 2.45) is 0 Å². The van der Waals surface area contributed by atoms with Crippen molar-refractivity contribution in [2.45, 2.75) is 31.8 Å². The van der Waals surface area contributed by atoms with Gasteiger partial charge in [0.1, 0.15) is 29.0 Å². The summed E-state index contributed by atoms with van der Waals surface area (Å²) in [5, 5.41) is 10.4. The lowest BCUT2D eigenvalue weighted by Crippen LogP contribution is -2.36. The highest BCUT2D eigenvalue weighted by Crippen LogP contribution is 2.41. The Morgan fingerprint density at radius 1 is 0.930 bits per heavy atom. The molecular formula is C33H28N8O2. The van der Waals surface area contributed by atoms with E-state index in [0.29, 0.717) is 40.2 Å². The summed E-state index contributed by atoms with van der Waals surface area (Å²) in [4.78, 5) is 30.0. The van der Waals surface area contributed by atoms with E-state index in [2.05, 4.69) is 27.9 Å². The monoisotopic (exact) mass is 568 g/mol. The second kappa shape index (κ2) is 11.2. The van der Waals surface area contributed by atoms with Gasteiger partial charge in [0.2, 0.25) is 5.95 Å². The Kier molecular flexibility index (Phi) is 7.10. The molecule has 3 aromatic carbocycles. The smallest absolute Gasteiger partial charge is 0.267 e. The average Bonchev–Trinajstić information content (AvgIpc) is 3.41. The second-order valence-electron chi connectivity index (χ2n) is 10.3. The number of para-hydroxylation sites is 1. The number of nitriles is 1. The number of methoxy groups -OCH3 is 1. The molecule has 5 aromatic rings. The maximum absolute atomic E-state index is 14.5. The third-order valence-electron chi connectivity index (χ3n) is 7.63. The van der Waals surface area contributed by atoms with E-state index >= 15 is 0 Å². The number of ether oxygens (including phenoxy) is 1. The molecule has 10 nitrogen and oxygen atoms in total. The fourth-order valence-corrected chi connectivity index (χ4v) is 5.59. The molecule has 212 valence electrons. The van der Waals surface area contributed by atoms with Crippen molar-refractivity contribution in [2.75, 3.05) is 23.5 Å². The highest BCUT2D eigenvalue weighted by molar-refractivity contribution is 5.85. The molecule has 0 bridgehead atoms. The van der Waals surface area contributed by atoms with Crippen LogP contribution in [0.5, 0.6) is 5.75 Å². The van der Waals surface area contributed by atoms with Crippen LogP contribution in [-0.2, 0) is 0 Å². The summed E-state index contributed by atoms with van der Waals surface area (Å²) in [6, 6.07) is 24.0. The Balaban J connectivity index is 1.57. The van der Waals surface area contributed by atoms with Gasteiger partial charge < -0.3 is 21.1 Å². The van der Waals surface area contributed by atoms with Gasteiger partial charge in [0.25, 0.3) is 5.56 Å². The van der Waals surface area contributed by atoms with Crippen molar-refractivity contribution >= 4 is 28.5 Å². The molecule has 3 heterocycles. The third kappa shape index (κ3) is 4.96. The minimum absolute atomic E-state index is 0.00912. The first kappa shape index (κ1) is 27.3. The zero-order chi connectivity index (χ0) is 30.1. The SMILES string of the molecule is COc1ccc(C#Cc2cccc3nc([C@@H]4CC[C@H](C)N4c4nc(N)nc(N)c4C#N)n(-c4ccccc4)c(=O)c23)cc1. The van der Waals surface area contributed by atoms with Crippen LogP contribution in [0, 0.1) is 23.2 Å². The topological polar surface area (TPSA) is 149 Å². The van der Waals surface area contributed by atoms with Crippen LogP contribution in [0.15, 0.2) is 77.6 Å². The number of anilines is 3. The van der Waals surface area contributed by atoms with Crippen molar-refractivity contribution < 1.29 is 4.74 Å². The number of hydrogen-bond acceptors (Lipinski definition) is 9. The Morgan fingerprint density at radius 3 is 2.42 bits per heavy atom. The Morgan fingerprint density at radius 2 is 1.70 bits per heavy atom. The van der Waals surface area contributed by atoms with Crippen molar-refractivity contribution in [1.82, 2.24) is 19.5 Å². The molecule has 43 heavy (non-hydrogen) atoms.